The Morgan fingerprint density at radius 2 is 1.92 bits per heavy atom. The van der Waals surface area contributed by atoms with Gasteiger partial charge < -0.3 is 10.6 Å². The van der Waals surface area contributed by atoms with Gasteiger partial charge in [-0.25, -0.2) is 0 Å². The van der Waals surface area contributed by atoms with Crippen molar-refractivity contribution in [2.24, 2.45) is 0 Å². The molecular weight excluding hydrogens is 314 g/mol. The zero-order valence-electron chi connectivity index (χ0n) is 14.2. The average Bonchev–Trinajstić information content (AvgIpc) is 2.66. The average molecular weight is 337 g/mol. The molecule has 1 atom stereocenters. The Bertz CT molecular complexity index is 731. The van der Waals surface area contributed by atoms with Gasteiger partial charge in [-0.3, -0.25) is 14.6 Å². The summed E-state index contributed by atoms with van der Waals surface area (Å²) in [5.41, 5.74) is 3.21. The van der Waals surface area contributed by atoms with Crippen LogP contribution in [0.25, 0.3) is 0 Å². The predicted molar refractivity (Wildman–Crippen MR) is 96.3 cm³/mol. The number of nitrogens with zero attached hydrogens (tertiary/aromatic N) is 1. The van der Waals surface area contributed by atoms with E-state index in [1.807, 2.05) is 6.07 Å². The molecule has 2 amide bonds. The van der Waals surface area contributed by atoms with Crippen molar-refractivity contribution in [2.45, 2.75) is 31.6 Å². The number of carbonyl (C=O) groups is 2. The van der Waals surface area contributed by atoms with Crippen LogP contribution in [0.1, 0.15) is 46.7 Å². The van der Waals surface area contributed by atoms with Crippen LogP contribution >= 0.6 is 0 Å². The smallest absolute Gasteiger partial charge is 0.252 e. The summed E-state index contributed by atoms with van der Waals surface area (Å²) in [6.07, 6.45) is 6.95. The molecule has 1 aliphatic carbocycles. The molecule has 0 unspecified atom stereocenters. The summed E-state index contributed by atoms with van der Waals surface area (Å²) in [6, 6.07) is 11.8. The molecule has 130 valence electrons. The first-order chi connectivity index (χ1) is 12.2. The van der Waals surface area contributed by atoms with E-state index >= 15 is 0 Å². The first-order valence-corrected chi connectivity index (χ1v) is 8.77. The summed E-state index contributed by atoms with van der Waals surface area (Å²) in [5, 5.41) is 5.68. The van der Waals surface area contributed by atoms with Crippen molar-refractivity contribution in [2.75, 3.05) is 13.1 Å². The number of aryl methyl sites for hydroxylation is 1. The van der Waals surface area contributed by atoms with Gasteiger partial charge in [0.2, 0.25) is 5.91 Å². The minimum absolute atomic E-state index is 0.0392. The van der Waals surface area contributed by atoms with Gasteiger partial charge in [0, 0.05) is 31.9 Å². The Balaban J connectivity index is 1.41. The van der Waals surface area contributed by atoms with Gasteiger partial charge >= 0.3 is 0 Å². The molecular formula is C20H23N3O2. The molecule has 0 saturated carbocycles. The van der Waals surface area contributed by atoms with Gasteiger partial charge in [-0.1, -0.05) is 24.3 Å². The molecule has 0 saturated heterocycles. The van der Waals surface area contributed by atoms with Crippen LogP contribution in [0.3, 0.4) is 0 Å². The van der Waals surface area contributed by atoms with Gasteiger partial charge in [0.25, 0.3) is 5.91 Å². The Morgan fingerprint density at radius 1 is 1.08 bits per heavy atom. The molecule has 25 heavy (non-hydrogen) atoms. The van der Waals surface area contributed by atoms with Crippen molar-refractivity contribution in [1.82, 2.24) is 15.6 Å². The largest absolute Gasteiger partial charge is 0.354 e. The number of benzene rings is 1. The van der Waals surface area contributed by atoms with E-state index in [0.29, 0.717) is 31.0 Å². The van der Waals surface area contributed by atoms with Crippen molar-refractivity contribution in [3.63, 3.8) is 0 Å². The minimum atomic E-state index is -0.177. The lowest BCUT2D eigenvalue weighted by molar-refractivity contribution is -0.121. The summed E-state index contributed by atoms with van der Waals surface area (Å²) in [4.78, 5) is 28.0. The van der Waals surface area contributed by atoms with Crippen molar-refractivity contribution >= 4 is 11.8 Å². The van der Waals surface area contributed by atoms with Crippen molar-refractivity contribution in [3.05, 3.63) is 65.5 Å². The summed E-state index contributed by atoms with van der Waals surface area (Å²) in [5.74, 6) is 0.163. The fourth-order valence-electron chi connectivity index (χ4n) is 3.34. The van der Waals surface area contributed by atoms with Gasteiger partial charge in [-0.15, -0.1) is 0 Å². The Morgan fingerprint density at radius 3 is 2.76 bits per heavy atom. The molecule has 0 fully saturated rings. The van der Waals surface area contributed by atoms with Gasteiger partial charge in [-0.05, 0) is 48.4 Å². The lowest BCUT2D eigenvalue weighted by Gasteiger charge is -2.25. The predicted octanol–water partition coefficient (Wildman–Crippen LogP) is 2.44. The van der Waals surface area contributed by atoms with E-state index in [-0.39, 0.29) is 11.8 Å². The highest BCUT2D eigenvalue weighted by atomic mass is 16.2. The SMILES string of the molecule is O=C(C[C@@H]1CCCc2ccccc21)NCCNC(=O)c1cccnc1. The van der Waals surface area contributed by atoms with E-state index in [2.05, 4.69) is 33.8 Å². The number of amides is 2. The molecule has 3 rings (SSSR count). The van der Waals surface area contributed by atoms with E-state index in [9.17, 15) is 9.59 Å². The fraction of sp³-hybridized carbons (Fsp3) is 0.350. The number of hydrogen-bond acceptors (Lipinski definition) is 3. The molecule has 2 aromatic rings. The highest BCUT2D eigenvalue weighted by Crippen LogP contribution is 2.33. The molecule has 1 aromatic heterocycles. The molecule has 1 aliphatic rings. The lowest BCUT2D eigenvalue weighted by atomic mass is 9.81. The molecule has 0 spiro atoms. The summed E-state index contributed by atoms with van der Waals surface area (Å²) >= 11 is 0. The molecule has 5 nitrogen and oxygen atoms in total. The first kappa shape index (κ1) is 17.1. The molecule has 0 bridgehead atoms. The highest BCUT2D eigenvalue weighted by Gasteiger charge is 2.22. The van der Waals surface area contributed by atoms with Crippen LogP contribution in [0, 0.1) is 0 Å². The van der Waals surface area contributed by atoms with E-state index in [0.717, 1.165) is 19.3 Å². The molecule has 5 heteroatoms. The second-order valence-electron chi connectivity index (χ2n) is 6.34. The quantitative estimate of drug-likeness (QED) is 0.795. The topological polar surface area (TPSA) is 71.1 Å². The van der Waals surface area contributed by atoms with Crippen LogP contribution in [0.4, 0.5) is 0 Å². The lowest BCUT2D eigenvalue weighted by Crippen LogP contribution is -2.35. The molecule has 0 radical (unpaired) electrons. The molecule has 1 aromatic carbocycles. The number of fused-ring (bicyclic) bond motifs is 1. The third-order valence-electron chi connectivity index (χ3n) is 4.58. The molecule has 2 N–H and O–H groups in total. The summed E-state index contributed by atoms with van der Waals surface area (Å²) in [6.45, 7) is 0.833. The minimum Gasteiger partial charge on any atom is -0.354 e. The third kappa shape index (κ3) is 4.66. The maximum absolute atomic E-state index is 12.2. The molecule has 1 heterocycles. The van der Waals surface area contributed by atoms with Crippen molar-refractivity contribution in [1.29, 1.82) is 0 Å². The maximum Gasteiger partial charge on any atom is 0.252 e. The third-order valence-corrected chi connectivity index (χ3v) is 4.58. The summed E-state index contributed by atoms with van der Waals surface area (Å²) < 4.78 is 0. The first-order valence-electron chi connectivity index (χ1n) is 8.77. The Labute approximate surface area is 147 Å². The number of carbonyl (C=O) groups excluding carboxylic acids is 2. The normalized spacial score (nSPS) is 15.9. The summed E-state index contributed by atoms with van der Waals surface area (Å²) in [7, 11) is 0. The van der Waals surface area contributed by atoms with Crippen molar-refractivity contribution < 1.29 is 9.59 Å². The van der Waals surface area contributed by atoms with Crippen LogP contribution in [0.15, 0.2) is 48.8 Å². The van der Waals surface area contributed by atoms with E-state index in [4.69, 9.17) is 0 Å². The zero-order valence-corrected chi connectivity index (χ0v) is 14.2. The number of pyridine rings is 1. The van der Waals surface area contributed by atoms with Crippen LogP contribution in [-0.2, 0) is 11.2 Å². The van der Waals surface area contributed by atoms with Gasteiger partial charge in [-0.2, -0.15) is 0 Å². The van der Waals surface area contributed by atoms with Gasteiger partial charge in [0.1, 0.15) is 0 Å². The maximum atomic E-state index is 12.2. The van der Waals surface area contributed by atoms with Gasteiger partial charge in [0.15, 0.2) is 0 Å². The standard InChI is InChI=1S/C20H23N3O2/c24-19(13-16-7-3-6-15-5-1-2-9-18(15)16)22-11-12-23-20(25)17-8-4-10-21-14-17/h1-2,4-5,8-10,14,16H,3,6-7,11-13H2,(H,22,24)(H,23,25)/t16-/m0/s1. The van der Waals surface area contributed by atoms with Gasteiger partial charge in [0.05, 0.1) is 5.56 Å². The number of aromatic nitrogens is 1. The van der Waals surface area contributed by atoms with Crippen LogP contribution < -0.4 is 10.6 Å². The van der Waals surface area contributed by atoms with E-state index < -0.39 is 0 Å². The number of rotatable bonds is 6. The molecule has 0 aliphatic heterocycles. The zero-order chi connectivity index (χ0) is 17.5. The van der Waals surface area contributed by atoms with E-state index in [1.54, 1.807) is 18.3 Å². The van der Waals surface area contributed by atoms with Crippen LogP contribution in [0.5, 0.6) is 0 Å². The van der Waals surface area contributed by atoms with Crippen LogP contribution in [0.2, 0.25) is 0 Å². The van der Waals surface area contributed by atoms with E-state index in [1.165, 1.54) is 17.3 Å². The van der Waals surface area contributed by atoms with Crippen LogP contribution in [-0.4, -0.2) is 29.9 Å². The Kier molecular flexibility index (Phi) is 5.77. The highest BCUT2D eigenvalue weighted by molar-refractivity contribution is 5.93. The second kappa shape index (κ2) is 8.42. The fourth-order valence-corrected chi connectivity index (χ4v) is 3.34. The Hall–Kier alpha value is -2.69. The number of nitrogens with one attached hydrogen (secondary N) is 2. The number of hydrogen-bond donors (Lipinski definition) is 2. The monoisotopic (exact) mass is 337 g/mol. The van der Waals surface area contributed by atoms with Crippen molar-refractivity contribution in [3.8, 4) is 0 Å². The second-order valence-corrected chi connectivity index (χ2v) is 6.34.